The van der Waals surface area contributed by atoms with E-state index in [0.717, 1.165) is 0 Å². The van der Waals surface area contributed by atoms with Gasteiger partial charge in [0, 0.05) is 18.1 Å². The van der Waals surface area contributed by atoms with Crippen LogP contribution in [0.25, 0.3) is 0 Å². The molecule has 1 fully saturated rings. The lowest BCUT2D eigenvalue weighted by Crippen LogP contribution is -2.50. The van der Waals surface area contributed by atoms with Crippen molar-refractivity contribution in [1.82, 2.24) is 4.90 Å². The van der Waals surface area contributed by atoms with Crippen molar-refractivity contribution in [3.05, 3.63) is 0 Å². The van der Waals surface area contributed by atoms with Crippen molar-refractivity contribution >= 4 is 5.97 Å². The molecule has 3 nitrogen and oxygen atoms in total. The molecule has 1 rings (SSSR count). The third kappa shape index (κ3) is 3.98. The van der Waals surface area contributed by atoms with E-state index in [9.17, 15) is 4.79 Å². The fraction of sp³-hybridized carbons (Fsp3) is 0.933. The second-order valence-corrected chi connectivity index (χ2v) is 7.63. The number of carboxylic acid groups (broad SMARTS) is 1. The van der Waals surface area contributed by atoms with Crippen molar-refractivity contribution in [2.24, 2.45) is 11.3 Å². The van der Waals surface area contributed by atoms with Gasteiger partial charge >= 0.3 is 5.97 Å². The maximum atomic E-state index is 10.8. The molecule has 0 amide bonds. The van der Waals surface area contributed by atoms with Gasteiger partial charge in [-0.25, -0.2) is 0 Å². The van der Waals surface area contributed by atoms with Crippen molar-refractivity contribution in [3.63, 3.8) is 0 Å². The lowest BCUT2D eigenvalue weighted by atomic mass is 9.90. The number of rotatable bonds is 4. The minimum absolute atomic E-state index is 0.0365. The van der Waals surface area contributed by atoms with Gasteiger partial charge < -0.3 is 5.11 Å². The zero-order valence-electron chi connectivity index (χ0n) is 12.8. The molecule has 0 aromatic carbocycles. The van der Waals surface area contributed by atoms with Crippen LogP contribution in [0.5, 0.6) is 0 Å². The highest BCUT2D eigenvalue weighted by molar-refractivity contribution is 5.66. The molecular formula is C15H29NO2. The molecule has 106 valence electrons. The van der Waals surface area contributed by atoms with Crippen molar-refractivity contribution in [2.75, 3.05) is 6.54 Å². The monoisotopic (exact) mass is 255 g/mol. The van der Waals surface area contributed by atoms with E-state index in [0.29, 0.717) is 23.9 Å². The number of aliphatic carboxylic acids is 1. The standard InChI is InChI=1S/C15H29NO2/c1-11-9-15(5,6)10-12(11)16(14(2,3)4)8-7-13(17)18/h11-12H,7-10H2,1-6H3,(H,17,18). The summed E-state index contributed by atoms with van der Waals surface area (Å²) in [7, 11) is 0. The first-order valence-corrected chi connectivity index (χ1v) is 7.01. The Hall–Kier alpha value is -0.570. The summed E-state index contributed by atoms with van der Waals surface area (Å²) in [5, 5.41) is 8.91. The Morgan fingerprint density at radius 1 is 1.33 bits per heavy atom. The lowest BCUT2D eigenvalue weighted by molar-refractivity contribution is -0.137. The third-order valence-electron chi connectivity index (χ3n) is 4.12. The first-order valence-electron chi connectivity index (χ1n) is 7.01. The molecule has 1 N–H and O–H groups in total. The van der Waals surface area contributed by atoms with E-state index >= 15 is 0 Å². The van der Waals surface area contributed by atoms with Crippen molar-refractivity contribution in [3.8, 4) is 0 Å². The Kier molecular flexibility index (Phi) is 4.47. The van der Waals surface area contributed by atoms with Crippen LogP contribution in [-0.4, -0.2) is 34.1 Å². The number of carboxylic acids is 1. The van der Waals surface area contributed by atoms with Crippen molar-refractivity contribution in [2.45, 2.75) is 72.4 Å². The van der Waals surface area contributed by atoms with E-state index in [1.807, 2.05) is 0 Å². The molecule has 0 saturated heterocycles. The van der Waals surface area contributed by atoms with Gasteiger partial charge in [-0.3, -0.25) is 9.69 Å². The molecule has 0 radical (unpaired) electrons. The molecule has 0 heterocycles. The predicted octanol–water partition coefficient (Wildman–Crippen LogP) is 3.39. The molecular weight excluding hydrogens is 226 g/mol. The summed E-state index contributed by atoms with van der Waals surface area (Å²) in [6.45, 7) is 14.2. The van der Waals surface area contributed by atoms with Crippen LogP contribution in [0.2, 0.25) is 0 Å². The van der Waals surface area contributed by atoms with E-state index < -0.39 is 5.97 Å². The highest BCUT2D eigenvalue weighted by Gasteiger charge is 2.42. The molecule has 0 spiro atoms. The van der Waals surface area contributed by atoms with Crippen LogP contribution in [0.15, 0.2) is 0 Å². The smallest absolute Gasteiger partial charge is 0.304 e. The Bertz CT molecular complexity index is 304. The van der Waals surface area contributed by atoms with Gasteiger partial charge in [-0.15, -0.1) is 0 Å². The van der Waals surface area contributed by atoms with Gasteiger partial charge in [0.1, 0.15) is 0 Å². The summed E-state index contributed by atoms with van der Waals surface area (Å²) < 4.78 is 0. The summed E-state index contributed by atoms with van der Waals surface area (Å²) in [5.41, 5.74) is 0.422. The van der Waals surface area contributed by atoms with Crippen LogP contribution >= 0.6 is 0 Å². The second kappa shape index (κ2) is 5.20. The van der Waals surface area contributed by atoms with Crippen LogP contribution < -0.4 is 0 Å². The molecule has 18 heavy (non-hydrogen) atoms. The van der Waals surface area contributed by atoms with E-state index in [-0.39, 0.29) is 12.0 Å². The fourth-order valence-electron chi connectivity index (χ4n) is 3.49. The SMILES string of the molecule is CC1CC(C)(C)CC1N(CCC(=O)O)C(C)(C)C. The van der Waals surface area contributed by atoms with Gasteiger partial charge in [-0.2, -0.15) is 0 Å². The van der Waals surface area contributed by atoms with Gasteiger partial charge in [-0.1, -0.05) is 20.8 Å². The Balaban J connectivity index is 2.81. The average molecular weight is 255 g/mol. The highest BCUT2D eigenvalue weighted by Crippen LogP contribution is 2.44. The maximum Gasteiger partial charge on any atom is 0.304 e. The van der Waals surface area contributed by atoms with Gasteiger partial charge in [-0.05, 0) is 44.9 Å². The van der Waals surface area contributed by atoms with Crippen LogP contribution in [-0.2, 0) is 4.79 Å². The summed E-state index contributed by atoms with van der Waals surface area (Å²) in [6, 6.07) is 0.513. The fourth-order valence-corrected chi connectivity index (χ4v) is 3.49. The molecule has 0 aliphatic heterocycles. The molecule has 1 aliphatic rings. The van der Waals surface area contributed by atoms with Crippen LogP contribution in [0, 0.1) is 11.3 Å². The zero-order valence-corrected chi connectivity index (χ0v) is 12.8. The first-order chi connectivity index (χ1) is 8.03. The molecule has 2 atom stereocenters. The maximum absolute atomic E-state index is 10.8. The number of hydrogen-bond donors (Lipinski definition) is 1. The quantitative estimate of drug-likeness (QED) is 0.837. The number of hydrogen-bond acceptors (Lipinski definition) is 2. The van der Waals surface area contributed by atoms with Crippen molar-refractivity contribution < 1.29 is 9.90 Å². The summed E-state index contributed by atoms with van der Waals surface area (Å²) in [6.07, 6.45) is 2.64. The summed E-state index contributed by atoms with van der Waals surface area (Å²) in [5.74, 6) is -0.0535. The van der Waals surface area contributed by atoms with Crippen LogP contribution in [0.4, 0.5) is 0 Å². The average Bonchev–Trinajstić information content (AvgIpc) is 2.37. The summed E-state index contributed by atoms with van der Waals surface area (Å²) in [4.78, 5) is 13.2. The molecule has 3 heteroatoms. The van der Waals surface area contributed by atoms with Crippen LogP contribution in [0.1, 0.15) is 60.8 Å². The minimum Gasteiger partial charge on any atom is -0.481 e. The van der Waals surface area contributed by atoms with Gasteiger partial charge in [0.15, 0.2) is 0 Å². The van der Waals surface area contributed by atoms with Gasteiger partial charge in [0.2, 0.25) is 0 Å². The number of carbonyl (C=O) groups is 1. The van der Waals surface area contributed by atoms with Gasteiger partial charge in [0.05, 0.1) is 6.42 Å². The van der Waals surface area contributed by atoms with E-state index in [1.165, 1.54) is 12.8 Å². The second-order valence-electron chi connectivity index (χ2n) is 7.63. The Morgan fingerprint density at radius 2 is 1.89 bits per heavy atom. The number of nitrogens with zero attached hydrogens (tertiary/aromatic N) is 1. The molecule has 0 aromatic heterocycles. The van der Waals surface area contributed by atoms with Crippen LogP contribution in [0.3, 0.4) is 0 Å². The Labute approximate surface area is 112 Å². The third-order valence-corrected chi connectivity index (χ3v) is 4.12. The normalized spacial score (nSPS) is 27.7. The lowest BCUT2D eigenvalue weighted by Gasteiger charge is -2.42. The largest absolute Gasteiger partial charge is 0.481 e. The highest BCUT2D eigenvalue weighted by atomic mass is 16.4. The van der Waals surface area contributed by atoms with E-state index in [4.69, 9.17) is 5.11 Å². The Morgan fingerprint density at radius 3 is 2.22 bits per heavy atom. The van der Waals surface area contributed by atoms with E-state index in [2.05, 4.69) is 46.4 Å². The van der Waals surface area contributed by atoms with Gasteiger partial charge in [0.25, 0.3) is 0 Å². The minimum atomic E-state index is -0.700. The molecule has 2 unspecified atom stereocenters. The molecule has 0 bridgehead atoms. The summed E-state index contributed by atoms with van der Waals surface area (Å²) >= 11 is 0. The first kappa shape index (κ1) is 15.5. The van der Waals surface area contributed by atoms with Crippen molar-refractivity contribution in [1.29, 1.82) is 0 Å². The zero-order chi connectivity index (χ0) is 14.1. The molecule has 0 aromatic rings. The molecule has 1 aliphatic carbocycles. The van der Waals surface area contributed by atoms with E-state index in [1.54, 1.807) is 0 Å². The predicted molar refractivity (Wildman–Crippen MR) is 74.7 cm³/mol. The topological polar surface area (TPSA) is 40.5 Å². The molecule has 1 saturated carbocycles.